The van der Waals surface area contributed by atoms with Crippen LogP contribution in [0.1, 0.15) is 6.92 Å². The Morgan fingerprint density at radius 2 is 2.12 bits per heavy atom. The minimum atomic E-state index is -4.47. The van der Waals surface area contributed by atoms with Crippen molar-refractivity contribution in [3.05, 3.63) is 24.4 Å². The third-order valence-electron chi connectivity index (χ3n) is 4.81. The van der Waals surface area contributed by atoms with Crippen LogP contribution >= 0.6 is 0 Å². The number of alkyl halides is 3. The van der Waals surface area contributed by atoms with E-state index in [4.69, 9.17) is 14.5 Å². The molecule has 1 aliphatic rings. The Bertz CT molecular complexity index is 1280. The monoisotopic (exact) mass is 484 g/mol. The lowest BCUT2D eigenvalue weighted by molar-refractivity contribution is -0.154. The summed E-state index contributed by atoms with van der Waals surface area (Å²) in [6.45, 7) is 2.24. The van der Waals surface area contributed by atoms with Crippen LogP contribution in [0, 0.1) is 0 Å². The van der Waals surface area contributed by atoms with Crippen LogP contribution in [0.25, 0.3) is 22.4 Å². The minimum absolute atomic E-state index is 0.0500. The highest BCUT2D eigenvalue weighted by Gasteiger charge is 2.29. The Morgan fingerprint density at radius 3 is 2.82 bits per heavy atom. The third kappa shape index (κ3) is 5.71. The molecule has 9 nitrogen and oxygen atoms in total. The Kier molecular flexibility index (Phi) is 6.18. The van der Waals surface area contributed by atoms with Crippen LogP contribution in [-0.4, -0.2) is 75.2 Å². The van der Waals surface area contributed by atoms with E-state index in [1.165, 1.54) is 24.8 Å². The number of fused-ring (bicyclic) bond motifs is 1. The number of aromatic nitrogens is 4. The molecule has 178 valence electrons. The molecule has 0 unspecified atom stereocenters. The molecule has 0 bridgehead atoms. The largest absolute Gasteiger partial charge is 0.469 e. The van der Waals surface area contributed by atoms with Crippen LogP contribution in [0.2, 0.25) is 0 Å². The lowest BCUT2D eigenvalue weighted by Gasteiger charge is -2.34. The number of hydrogen-bond donors (Lipinski definition) is 1. The van der Waals surface area contributed by atoms with Crippen LogP contribution in [0.5, 0.6) is 5.88 Å². The topological polar surface area (TPSA) is 106 Å². The van der Waals surface area contributed by atoms with Crippen molar-refractivity contribution in [1.29, 1.82) is 0 Å². The number of H-pyrrole nitrogens is 1. The van der Waals surface area contributed by atoms with Crippen molar-refractivity contribution in [2.24, 2.45) is 4.36 Å². The summed E-state index contributed by atoms with van der Waals surface area (Å²) in [6, 6.07) is 4.81. The van der Waals surface area contributed by atoms with Crippen molar-refractivity contribution in [3.8, 4) is 17.3 Å². The number of morpholine rings is 1. The zero-order chi connectivity index (χ0) is 23.8. The van der Waals surface area contributed by atoms with Gasteiger partial charge >= 0.3 is 6.18 Å². The molecule has 0 aromatic carbocycles. The molecule has 3 aromatic rings. The second kappa shape index (κ2) is 8.78. The maximum Gasteiger partial charge on any atom is 0.422 e. The molecule has 0 aliphatic carbocycles. The molecule has 3 aromatic heterocycles. The van der Waals surface area contributed by atoms with E-state index in [0.717, 1.165) is 0 Å². The first-order valence-corrected chi connectivity index (χ1v) is 12.4. The third-order valence-corrected chi connectivity index (χ3v) is 5.44. The van der Waals surface area contributed by atoms with Crippen molar-refractivity contribution in [2.75, 3.05) is 43.8 Å². The summed E-state index contributed by atoms with van der Waals surface area (Å²) in [5, 5.41) is 0.488. The average Bonchev–Trinajstić information content (AvgIpc) is 3.14. The van der Waals surface area contributed by atoms with E-state index >= 15 is 0 Å². The van der Waals surface area contributed by atoms with Gasteiger partial charge in [0.05, 0.1) is 19.3 Å². The summed E-state index contributed by atoms with van der Waals surface area (Å²) in [5.41, 5.74) is 0.850. The maximum atomic E-state index is 12.6. The molecular weight excluding hydrogens is 461 g/mol. The van der Waals surface area contributed by atoms with Crippen molar-refractivity contribution >= 4 is 32.4 Å². The van der Waals surface area contributed by atoms with Crippen LogP contribution in [0.3, 0.4) is 0 Å². The van der Waals surface area contributed by atoms with E-state index in [1.54, 1.807) is 12.1 Å². The van der Waals surface area contributed by atoms with E-state index in [-0.39, 0.29) is 23.6 Å². The quantitative estimate of drug-likeness (QED) is 0.590. The van der Waals surface area contributed by atoms with Gasteiger partial charge < -0.3 is 19.4 Å². The van der Waals surface area contributed by atoms with Gasteiger partial charge in [0.2, 0.25) is 0 Å². The fourth-order valence-corrected chi connectivity index (χ4v) is 4.01. The molecule has 0 amide bonds. The van der Waals surface area contributed by atoms with Gasteiger partial charge in [0.25, 0.3) is 0 Å². The highest BCUT2D eigenvalue weighted by atomic mass is 32.2. The number of halogens is 3. The second-order valence-corrected chi connectivity index (χ2v) is 10.5. The van der Waals surface area contributed by atoms with Gasteiger partial charge in [-0.25, -0.2) is 19.2 Å². The molecule has 13 heteroatoms. The summed E-state index contributed by atoms with van der Waals surface area (Å²) in [4.78, 5) is 18.1. The molecule has 33 heavy (non-hydrogen) atoms. The van der Waals surface area contributed by atoms with Crippen molar-refractivity contribution in [2.45, 2.75) is 19.1 Å². The molecule has 0 spiro atoms. The molecule has 4 rings (SSSR count). The van der Waals surface area contributed by atoms with Crippen LogP contribution in [-0.2, 0) is 14.5 Å². The summed E-state index contributed by atoms with van der Waals surface area (Å²) < 4.78 is 64.6. The van der Waals surface area contributed by atoms with Gasteiger partial charge in [-0.15, -0.1) is 0 Å². The number of ether oxygens (including phenoxy) is 2. The van der Waals surface area contributed by atoms with Crippen molar-refractivity contribution in [3.63, 3.8) is 0 Å². The van der Waals surface area contributed by atoms with Gasteiger partial charge in [-0.1, -0.05) is 0 Å². The maximum absolute atomic E-state index is 12.6. The lowest BCUT2D eigenvalue weighted by atomic mass is 10.1. The van der Waals surface area contributed by atoms with Crippen LogP contribution in [0.4, 0.5) is 24.8 Å². The number of rotatable bonds is 5. The summed E-state index contributed by atoms with van der Waals surface area (Å²) in [6.07, 6.45) is 0.0399. The highest BCUT2D eigenvalue weighted by Crippen LogP contribution is 2.32. The fraction of sp³-hybridized carbons (Fsp3) is 0.450. The van der Waals surface area contributed by atoms with Gasteiger partial charge in [0, 0.05) is 58.1 Å². The van der Waals surface area contributed by atoms with E-state index in [9.17, 15) is 17.4 Å². The summed E-state index contributed by atoms with van der Waals surface area (Å²) in [7, 11) is -2.50. The molecule has 4 heterocycles. The molecule has 0 saturated carbocycles. The molecular formula is C20H23F3N6O3S. The highest BCUT2D eigenvalue weighted by molar-refractivity contribution is 7.92. The molecule has 1 aliphatic heterocycles. The predicted molar refractivity (Wildman–Crippen MR) is 118 cm³/mol. The molecule has 1 fully saturated rings. The van der Waals surface area contributed by atoms with Crippen LogP contribution in [0.15, 0.2) is 28.8 Å². The molecule has 1 N–H and O–H groups in total. The molecule has 0 radical (unpaired) electrons. The Labute approximate surface area is 188 Å². The van der Waals surface area contributed by atoms with E-state index < -0.39 is 22.5 Å². The second-order valence-electron chi connectivity index (χ2n) is 7.96. The number of hydrogen-bond acceptors (Lipinski definition) is 8. The molecule has 1 atom stereocenters. The number of pyridine rings is 1. The van der Waals surface area contributed by atoms with Gasteiger partial charge in [0.15, 0.2) is 24.1 Å². The number of anilines is 1. The van der Waals surface area contributed by atoms with Crippen LogP contribution < -0.4 is 9.64 Å². The zero-order valence-electron chi connectivity index (χ0n) is 18.2. The molecule has 1 saturated heterocycles. The SMILES string of the molecule is C[C@@H]1COCCN1c1cc(N=S(C)(C)=O)nc(-c2ccnc3[nH]c(OCC(F)(F)F)cc23)n1. The smallest absolute Gasteiger partial charge is 0.422 e. The first kappa shape index (κ1) is 23.2. The summed E-state index contributed by atoms with van der Waals surface area (Å²) >= 11 is 0. The Balaban J connectivity index is 1.82. The van der Waals surface area contributed by atoms with Gasteiger partial charge in [-0.3, -0.25) is 0 Å². The zero-order valence-corrected chi connectivity index (χ0v) is 19.0. The number of aromatic amines is 1. The van der Waals surface area contributed by atoms with Crippen molar-refractivity contribution in [1.82, 2.24) is 19.9 Å². The first-order valence-electron chi connectivity index (χ1n) is 10.1. The Hall–Kier alpha value is -2.93. The van der Waals surface area contributed by atoms with E-state index in [1.807, 2.05) is 11.8 Å². The van der Waals surface area contributed by atoms with E-state index in [0.29, 0.717) is 42.2 Å². The standard InChI is InChI=1S/C20H23F3N6O3S/c1-12-10-31-7-6-29(12)16-9-15(28-33(2,3)30)25-19(26-16)13-4-5-24-18-14(13)8-17(27-18)32-11-20(21,22)23/h4-5,8-9,12H,6-7,10-11H2,1-3H3,(H,24,27)/t12-/m1/s1. The normalized spacial score (nSPS) is 17.4. The minimum Gasteiger partial charge on any atom is -0.469 e. The fourth-order valence-electron chi connectivity index (χ4n) is 3.46. The number of nitrogens with zero attached hydrogens (tertiary/aromatic N) is 5. The Morgan fingerprint density at radius 1 is 1.33 bits per heavy atom. The predicted octanol–water partition coefficient (Wildman–Crippen LogP) is 3.55. The van der Waals surface area contributed by atoms with Crippen molar-refractivity contribution < 1.29 is 26.9 Å². The number of nitrogens with one attached hydrogen (secondary N) is 1. The average molecular weight is 485 g/mol. The van der Waals surface area contributed by atoms with Gasteiger partial charge in [0.1, 0.15) is 11.5 Å². The lowest BCUT2D eigenvalue weighted by Crippen LogP contribution is -2.44. The van der Waals surface area contributed by atoms with E-state index in [2.05, 4.69) is 19.3 Å². The van der Waals surface area contributed by atoms with Gasteiger partial charge in [-0.05, 0) is 13.0 Å². The van der Waals surface area contributed by atoms with Gasteiger partial charge in [-0.2, -0.15) is 17.5 Å². The summed E-state index contributed by atoms with van der Waals surface area (Å²) in [5.74, 6) is 1.04. The first-order chi connectivity index (χ1) is 15.5.